The average molecular weight is 442 g/mol. The minimum atomic E-state index is -0.317. The molecule has 3 amide bonds. The molecular formula is C24H28ClN3O3. The van der Waals surface area contributed by atoms with Crippen LogP contribution in [0.25, 0.3) is 0 Å². The Labute approximate surface area is 187 Å². The first-order chi connectivity index (χ1) is 14.8. The molecule has 0 radical (unpaired) electrons. The first-order valence-electron chi connectivity index (χ1n) is 10.7. The monoisotopic (exact) mass is 441 g/mol. The Bertz CT molecular complexity index is 951. The van der Waals surface area contributed by atoms with Gasteiger partial charge in [0, 0.05) is 28.9 Å². The molecule has 1 aliphatic carbocycles. The highest BCUT2D eigenvalue weighted by Crippen LogP contribution is 2.23. The molecule has 31 heavy (non-hydrogen) atoms. The number of hydrogen-bond donors (Lipinski definition) is 3. The number of carbonyl (C=O) groups is 3. The zero-order chi connectivity index (χ0) is 22.4. The lowest BCUT2D eigenvalue weighted by Gasteiger charge is -2.23. The Morgan fingerprint density at radius 1 is 0.871 bits per heavy atom. The van der Waals surface area contributed by atoms with E-state index in [2.05, 4.69) is 16.0 Å². The summed E-state index contributed by atoms with van der Waals surface area (Å²) in [5, 5.41) is 8.98. The first kappa shape index (κ1) is 22.8. The fourth-order valence-electron chi connectivity index (χ4n) is 3.48. The highest BCUT2D eigenvalue weighted by molar-refractivity contribution is 6.34. The number of benzene rings is 2. The largest absolute Gasteiger partial charge is 0.349 e. The molecule has 3 rings (SSSR count). The number of hydrogen-bond acceptors (Lipinski definition) is 3. The summed E-state index contributed by atoms with van der Waals surface area (Å²) in [6.45, 7) is 3.62. The van der Waals surface area contributed by atoms with Crippen molar-refractivity contribution in [1.29, 1.82) is 0 Å². The van der Waals surface area contributed by atoms with Crippen LogP contribution in [0, 0.1) is 5.92 Å². The molecule has 2 aromatic carbocycles. The van der Waals surface area contributed by atoms with Gasteiger partial charge in [-0.3, -0.25) is 14.4 Å². The summed E-state index contributed by atoms with van der Waals surface area (Å²) in [6.07, 6.45) is 5.41. The van der Waals surface area contributed by atoms with E-state index in [0.717, 1.165) is 25.7 Å². The van der Waals surface area contributed by atoms with Gasteiger partial charge in [-0.05, 0) is 55.3 Å². The van der Waals surface area contributed by atoms with E-state index in [4.69, 9.17) is 11.6 Å². The molecule has 2 aromatic rings. The van der Waals surface area contributed by atoms with E-state index in [0.29, 0.717) is 27.5 Å². The smallest absolute Gasteiger partial charge is 0.255 e. The van der Waals surface area contributed by atoms with Crippen molar-refractivity contribution >= 4 is 40.7 Å². The molecular weight excluding hydrogens is 414 g/mol. The second-order valence-electron chi connectivity index (χ2n) is 8.18. The van der Waals surface area contributed by atoms with Crippen molar-refractivity contribution in [1.82, 2.24) is 5.32 Å². The van der Waals surface area contributed by atoms with Gasteiger partial charge >= 0.3 is 0 Å². The van der Waals surface area contributed by atoms with Gasteiger partial charge < -0.3 is 16.0 Å². The van der Waals surface area contributed by atoms with Gasteiger partial charge in [0.05, 0.1) is 10.6 Å². The number of amides is 3. The van der Waals surface area contributed by atoms with E-state index in [1.807, 2.05) is 13.8 Å². The fourth-order valence-corrected chi connectivity index (χ4v) is 3.69. The van der Waals surface area contributed by atoms with Gasteiger partial charge in [-0.2, -0.15) is 0 Å². The van der Waals surface area contributed by atoms with E-state index in [-0.39, 0.29) is 29.7 Å². The molecule has 0 spiro atoms. The van der Waals surface area contributed by atoms with E-state index in [1.54, 1.807) is 42.5 Å². The lowest BCUT2D eigenvalue weighted by Crippen LogP contribution is -2.36. The summed E-state index contributed by atoms with van der Waals surface area (Å²) < 4.78 is 0. The van der Waals surface area contributed by atoms with Crippen LogP contribution in [-0.4, -0.2) is 23.8 Å². The third-order valence-corrected chi connectivity index (χ3v) is 5.68. The molecule has 0 bridgehead atoms. The second-order valence-corrected chi connectivity index (χ2v) is 8.59. The van der Waals surface area contributed by atoms with Crippen molar-refractivity contribution in [3.63, 3.8) is 0 Å². The number of halogens is 1. The van der Waals surface area contributed by atoms with Gasteiger partial charge in [-0.15, -0.1) is 0 Å². The first-order valence-corrected chi connectivity index (χ1v) is 11.0. The summed E-state index contributed by atoms with van der Waals surface area (Å²) >= 11 is 6.24. The van der Waals surface area contributed by atoms with Crippen LogP contribution in [0.4, 0.5) is 11.4 Å². The zero-order valence-corrected chi connectivity index (χ0v) is 18.6. The van der Waals surface area contributed by atoms with Crippen molar-refractivity contribution < 1.29 is 14.4 Å². The highest BCUT2D eigenvalue weighted by Gasteiger charge is 2.19. The lowest BCUT2D eigenvalue weighted by atomic mass is 9.95. The maximum Gasteiger partial charge on any atom is 0.255 e. The average Bonchev–Trinajstić information content (AvgIpc) is 2.76. The number of anilines is 2. The van der Waals surface area contributed by atoms with Crippen LogP contribution < -0.4 is 16.0 Å². The van der Waals surface area contributed by atoms with E-state index in [9.17, 15) is 14.4 Å². The van der Waals surface area contributed by atoms with Gasteiger partial charge in [-0.25, -0.2) is 0 Å². The van der Waals surface area contributed by atoms with Crippen molar-refractivity contribution in [3.05, 3.63) is 58.6 Å². The van der Waals surface area contributed by atoms with Gasteiger partial charge in [0.2, 0.25) is 5.91 Å². The van der Waals surface area contributed by atoms with Crippen molar-refractivity contribution in [2.45, 2.75) is 52.0 Å². The Morgan fingerprint density at radius 3 is 2.16 bits per heavy atom. The fraction of sp³-hybridized carbons (Fsp3) is 0.375. The Morgan fingerprint density at radius 2 is 1.52 bits per heavy atom. The Hall–Kier alpha value is -2.86. The maximum absolute atomic E-state index is 12.7. The van der Waals surface area contributed by atoms with Gasteiger partial charge in [0.25, 0.3) is 11.8 Å². The lowest BCUT2D eigenvalue weighted by molar-refractivity contribution is -0.118. The van der Waals surface area contributed by atoms with E-state index >= 15 is 0 Å². The summed E-state index contributed by atoms with van der Waals surface area (Å²) in [5.74, 6) is -0.754. The van der Waals surface area contributed by atoms with Crippen LogP contribution in [0.2, 0.25) is 5.02 Å². The third kappa shape index (κ3) is 6.31. The highest BCUT2D eigenvalue weighted by atomic mass is 35.5. The van der Waals surface area contributed by atoms with Crippen LogP contribution >= 0.6 is 11.6 Å². The number of rotatable bonds is 6. The summed E-state index contributed by atoms with van der Waals surface area (Å²) in [6, 6.07) is 11.7. The standard InChI is InChI=1S/C24H28ClN3O3/c1-15(2)22(29)26-18-10-8-16(9-11-18)23(30)28-19-12-13-21(25)20(14-19)24(31)27-17-6-4-3-5-7-17/h8-15,17H,3-7H2,1-2H3,(H,26,29)(H,27,31)(H,28,30). The molecule has 0 saturated heterocycles. The normalized spacial score (nSPS) is 14.2. The molecule has 0 heterocycles. The zero-order valence-electron chi connectivity index (χ0n) is 17.8. The topological polar surface area (TPSA) is 87.3 Å². The van der Waals surface area contributed by atoms with Crippen LogP contribution in [0.5, 0.6) is 0 Å². The molecule has 6 nitrogen and oxygen atoms in total. The number of nitrogens with one attached hydrogen (secondary N) is 3. The van der Waals surface area contributed by atoms with Crippen LogP contribution in [0.15, 0.2) is 42.5 Å². The maximum atomic E-state index is 12.7. The van der Waals surface area contributed by atoms with Crippen LogP contribution in [0.1, 0.15) is 66.7 Å². The Kier molecular flexibility index (Phi) is 7.69. The van der Waals surface area contributed by atoms with Gasteiger partial charge in [0.15, 0.2) is 0 Å². The van der Waals surface area contributed by atoms with Gasteiger partial charge in [-0.1, -0.05) is 44.7 Å². The van der Waals surface area contributed by atoms with Crippen molar-refractivity contribution in [3.8, 4) is 0 Å². The van der Waals surface area contributed by atoms with Crippen molar-refractivity contribution in [2.75, 3.05) is 10.6 Å². The molecule has 1 saturated carbocycles. The second kappa shape index (κ2) is 10.4. The summed E-state index contributed by atoms with van der Waals surface area (Å²) in [4.78, 5) is 37.1. The van der Waals surface area contributed by atoms with Crippen LogP contribution in [-0.2, 0) is 4.79 Å². The molecule has 0 unspecified atom stereocenters. The molecule has 164 valence electrons. The predicted molar refractivity (Wildman–Crippen MR) is 124 cm³/mol. The minimum Gasteiger partial charge on any atom is -0.349 e. The quantitative estimate of drug-likeness (QED) is 0.572. The van der Waals surface area contributed by atoms with Gasteiger partial charge in [0.1, 0.15) is 0 Å². The van der Waals surface area contributed by atoms with E-state index in [1.165, 1.54) is 6.42 Å². The summed E-state index contributed by atoms with van der Waals surface area (Å²) in [7, 11) is 0. The predicted octanol–water partition coefficient (Wildman–Crippen LogP) is 5.25. The van der Waals surface area contributed by atoms with Crippen molar-refractivity contribution in [2.24, 2.45) is 5.92 Å². The molecule has 0 aromatic heterocycles. The Balaban J connectivity index is 1.65. The SMILES string of the molecule is CC(C)C(=O)Nc1ccc(C(=O)Nc2ccc(Cl)c(C(=O)NC3CCCCC3)c2)cc1. The minimum absolute atomic E-state index is 0.0857. The number of carbonyl (C=O) groups excluding carboxylic acids is 3. The molecule has 1 aliphatic rings. The van der Waals surface area contributed by atoms with E-state index < -0.39 is 0 Å². The molecule has 0 atom stereocenters. The summed E-state index contributed by atoms with van der Waals surface area (Å²) in [5.41, 5.74) is 1.89. The molecule has 0 aliphatic heterocycles. The third-order valence-electron chi connectivity index (χ3n) is 5.35. The molecule has 7 heteroatoms. The molecule has 3 N–H and O–H groups in total. The van der Waals surface area contributed by atoms with Crippen LogP contribution in [0.3, 0.4) is 0 Å². The molecule has 1 fully saturated rings.